The highest BCUT2D eigenvalue weighted by atomic mass is 127. The lowest BCUT2D eigenvalue weighted by molar-refractivity contribution is 0.509. The van der Waals surface area contributed by atoms with E-state index in [4.69, 9.17) is 0 Å². The highest BCUT2D eigenvalue weighted by Crippen LogP contribution is 2.10. The van der Waals surface area contributed by atoms with Crippen LogP contribution in [-0.4, -0.2) is 37.0 Å². The molecule has 0 fully saturated rings. The van der Waals surface area contributed by atoms with E-state index >= 15 is 0 Å². The summed E-state index contributed by atoms with van der Waals surface area (Å²) in [6.45, 7) is 1.99. The molecule has 1 aliphatic heterocycles. The summed E-state index contributed by atoms with van der Waals surface area (Å²) in [6, 6.07) is 0.507. The minimum absolute atomic E-state index is 0. The molecule has 1 heterocycles. The molecule has 14 heavy (non-hydrogen) atoms. The first-order chi connectivity index (χ1) is 6.36. The number of hydrogen-bond donors (Lipinski definition) is 1. The predicted octanol–water partition coefficient (Wildman–Crippen LogP) is 1.60. The molecule has 1 N–H and O–H groups in total. The van der Waals surface area contributed by atoms with E-state index in [1.165, 1.54) is 19.3 Å². The van der Waals surface area contributed by atoms with Crippen molar-refractivity contribution in [3.05, 3.63) is 12.2 Å². The van der Waals surface area contributed by atoms with Gasteiger partial charge in [0.25, 0.3) is 0 Å². The maximum atomic E-state index is 4.41. The monoisotopic (exact) mass is 307 g/mol. The van der Waals surface area contributed by atoms with Crippen molar-refractivity contribution < 1.29 is 0 Å². The first-order valence-corrected chi connectivity index (χ1v) is 5.05. The van der Waals surface area contributed by atoms with Gasteiger partial charge in [-0.25, -0.2) is 0 Å². The molecule has 2 aliphatic rings. The summed E-state index contributed by atoms with van der Waals surface area (Å²) in [4.78, 5) is 6.59. The highest BCUT2D eigenvalue weighted by molar-refractivity contribution is 14.0. The molecule has 0 aromatic carbocycles. The Kier molecular flexibility index (Phi) is 4.71. The van der Waals surface area contributed by atoms with Gasteiger partial charge in [-0.1, -0.05) is 12.2 Å². The van der Waals surface area contributed by atoms with Crippen molar-refractivity contribution in [3.8, 4) is 0 Å². The van der Waals surface area contributed by atoms with Gasteiger partial charge >= 0.3 is 0 Å². The maximum absolute atomic E-state index is 4.41. The van der Waals surface area contributed by atoms with Gasteiger partial charge in [-0.2, -0.15) is 0 Å². The van der Waals surface area contributed by atoms with Crippen molar-refractivity contribution >= 4 is 29.9 Å². The van der Waals surface area contributed by atoms with Crippen molar-refractivity contribution in [2.45, 2.75) is 25.3 Å². The third-order valence-corrected chi connectivity index (χ3v) is 2.63. The molecule has 0 amide bonds. The zero-order valence-corrected chi connectivity index (χ0v) is 10.9. The van der Waals surface area contributed by atoms with Crippen LogP contribution in [-0.2, 0) is 0 Å². The maximum Gasteiger partial charge on any atom is 0.194 e. The van der Waals surface area contributed by atoms with Gasteiger partial charge in [-0.3, -0.25) is 4.99 Å². The van der Waals surface area contributed by atoms with E-state index in [2.05, 4.69) is 34.4 Å². The number of aliphatic imine (C=N–C) groups is 1. The predicted molar refractivity (Wildman–Crippen MR) is 70.3 cm³/mol. The fraction of sp³-hybridized carbons (Fsp3) is 0.700. The highest BCUT2D eigenvalue weighted by Gasteiger charge is 2.16. The molecule has 3 nitrogen and oxygen atoms in total. The Bertz CT molecular complexity index is 238. The Morgan fingerprint density at radius 1 is 1.57 bits per heavy atom. The van der Waals surface area contributed by atoms with Crippen LogP contribution in [0.15, 0.2) is 17.1 Å². The van der Waals surface area contributed by atoms with Gasteiger partial charge in [-0.15, -0.1) is 24.0 Å². The van der Waals surface area contributed by atoms with Crippen molar-refractivity contribution in [2.24, 2.45) is 4.99 Å². The fourth-order valence-corrected chi connectivity index (χ4v) is 1.79. The van der Waals surface area contributed by atoms with Gasteiger partial charge < -0.3 is 10.2 Å². The van der Waals surface area contributed by atoms with Gasteiger partial charge in [0.1, 0.15) is 0 Å². The van der Waals surface area contributed by atoms with E-state index in [1.807, 2.05) is 0 Å². The average molecular weight is 307 g/mol. The topological polar surface area (TPSA) is 27.6 Å². The molecule has 0 spiro atoms. The Balaban J connectivity index is 0.000000980. The Morgan fingerprint density at radius 3 is 3.00 bits per heavy atom. The lowest BCUT2D eigenvalue weighted by atomic mass is 10.0. The fourth-order valence-electron chi connectivity index (χ4n) is 1.79. The number of guanidine groups is 1. The lowest BCUT2D eigenvalue weighted by Gasteiger charge is -2.22. The molecule has 2 rings (SSSR count). The van der Waals surface area contributed by atoms with Crippen LogP contribution in [0.4, 0.5) is 0 Å². The minimum Gasteiger partial charge on any atom is -0.350 e. The molecule has 0 radical (unpaired) electrons. The third-order valence-electron chi connectivity index (χ3n) is 2.63. The second kappa shape index (κ2) is 5.58. The van der Waals surface area contributed by atoms with E-state index in [0.717, 1.165) is 19.0 Å². The summed E-state index contributed by atoms with van der Waals surface area (Å²) >= 11 is 0. The van der Waals surface area contributed by atoms with Gasteiger partial charge in [-0.05, 0) is 19.3 Å². The summed E-state index contributed by atoms with van der Waals surface area (Å²) in [7, 11) is 2.09. The van der Waals surface area contributed by atoms with Crippen molar-refractivity contribution in [1.82, 2.24) is 10.2 Å². The molecule has 1 unspecified atom stereocenters. The van der Waals surface area contributed by atoms with Crippen molar-refractivity contribution in [3.63, 3.8) is 0 Å². The Labute approximate surface area is 103 Å². The normalized spacial score (nSPS) is 25.6. The van der Waals surface area contributed by atoms with Crippen LogP contribution in [0.2, 0.25) is 0 Å². The molecule has 0 aromatic heterocycles. The Morgan fingerprint density at radius 2 is 2.43 bits per heavy atom. The second-order valence-corrected chi connectivity index (χ2v) is 3.74. The third kappa shape index (κ3) is 2.87. The smallest absolute Gasteiger partial charge is 0.194 e. The summed E-state index contributed by atoms with van der Waals surface area (Å²) in [6.07, 6.45) is 8.30. The first-order valence-electron chi connectivity index (χ1n) is 5.05. The number of allylic oxidation sites excluding steroid dienone is 1. The zero-order valence-electron chi connectivity index (χ0n) is 8.57. The second-order valence-electron chi connectivity index (χ2n) is 3.74. The van der Waals surface area contributed by atoms with Gasteiger partial charge in [0, 0.05) is 19.6 Å². The van der Waals surface area contributed by atoms with Crippen LogP contribution in [0.3, 0.4) is 0 Å². The van der Waals surface area contributed by atoms with Crippen LogP contribution in [0.25, 0.3) is 0 Å². The molecule has 0 saturated carbocycles. The average Bonchev–Trinajstić information content (AvgIpc) is 2.54. The molecule has 1 aliphatic carbocycles. The molecular formula is C10H18IN3. The van der Waals surface area contributed by atoms with Crippen molar-refractivity contribution in [2.75, 3.05) is 20.1 Å². The number of hydrogen-bond acceptors (Lipinski definition) is 3. The molecule has 80 valence electrons. The Hall–Kier alpha value is -0.260. The molecule has 1 atom stereocenters. The van der Waals surface area contributed by atoms with Gasteiger partial charge in [0.05, 0.1) is 6.54 Å². The summed E-state index contributed by atoms with van der Waals surface area (Å²) in [5, 5.41) is 3.46. The van der Waals surface area contributed by atoms with E-state index in [1.54, 1.807) is 0 Å². The molecule has 0 bridgehead atoms. The van der Waals surface area contributed by atoms with E-state index < -0.39 is 0 Å². The van der Waals surface area contributed by atoms with E-state index in [-0.39, 0.29) is 24.0 Å². The summed E-state index contributed by atoms with van der Waals surface area (Å²) in [5.41, 5.74) is 0. The van der Waals surface area contributed by atoms with Crippen LogP contribution in [0.5, 0.6) is 0 Å². The molecule has 4 heteroatoms. The van der Waals surface area contributed by atoms with Crippen molar-refractivity contribution in [1.29, 1.82) is 0 Å². The van der Waals surface area contributed by atoms with Crippen LogP contribution in [0, 0.1) is 0 Å². The van der Waals surface area contributed by atoms with Crippen LogP contribution >= 0.6 is 24.0 Å². The number of likely N-dealkylation sites (N-methyl/N-ethyl adjacent to an activating group) is 1. The molecular weight excluding hydrogens is 289 g/mol. The molecule has 0 saturated heterocycles. The summed E-state index contributed by atoms with van der Waals surface area (Å²) < 4.78 is 0. The van der Waals surface area contributed by atoms with Gasteiger partial charge in [0.15, 0.2) is 5.96 Å². The largest absolute Gasteiger partial charge is 0.350 e. The zero-order chi connectivity index (χ0) is 9.10. The molecule has 0 aromatic rings. The number of halogens is 1. The van der Waals surface area contributed by atoms with Crippen LogP contribution < -0.4 is 5.32 Å². The minimum atomic E-state index is 0. The quantitative estimate of drug-likeness (QED) is 0.589. The van der Waals surface area contributed by atoms with Crippen LogP contribution in [0.1, 0.15) is 19.3 Å². The lowest BCUT2D eigenvalue weighted by Crippen LogP contribution is -2.41. The van der Waals surface area contributed by atoms with E-state index in [9.17, 15) is 0 Å². The number of nitrogens with one attached hydrogen (secondary N) is 1. The summed E-state index contributed by atoms with van der Waals surface area (Å²) in [5.74, 6) is 1.07. The number of nitrogens with zero attached hydrogens (tertiary/aromatic N) is 2. The SMILES string of the molecule is CN1CCN=C1NC1C=CCCC1.I. The standard InChI is InChI=1S/C10H17N3.HI/c1-13-8-7-11-10(13)12-9-5-3-2-4-6-9;/h3,5,9H,2,4,6-8H2,1H3,(H,11,12);1H. The van der Waals surface area contributed by atoms with E-state index in [0.29, 0.717) is 6.04 Å². The first kappa shape index (κ1) is 11.8. The van der Waals surface area contributed by atoms with Gasteiger partial charge in [0.2, 0.25) is 0 Å². The number of rotatable bonds is 1.